The Morgan fingerprint density at radius 1 is 1.06 bits per heavy atom. The van der Waals surface area contributed by atoms with E-state index in [9.17, 15) is 18.0 Å². The molecule has 1 aliphatic rings. The number of amides is 1. The van der Waals surface area contributed by atoms with Gasteiger partial charge in [0.15, 0.2) is 5.82 Å². The van der Waals surface area contributed by atoms with Crippen LogP contribution >= 0.6 is 0 Å². The van der Waals surface area contributed by atoms with Crippen molar-refractivity contribution in [2.75, 3.05) is 23.3 Å². The van der Waals surface area contributed by atoms with Crippen molar-refractivity contribution in [2.45, 2.75) is 32.9 Å². The highest BCUT2D eigenvalue weighted by atomic mass is 19.4. The van der Waals surface area contributed by atoms with Crippen molar-refractivity contribution in [1.29, 1.82) is 0 Å². The van der Waals surface area contributed by atoms with E-state index >= 15 is 0 Å². The first-order valence-electron chi connectivity index (χ1n) is 10.5. The number of alkyl halides is 3. The molecule has 2 aromatic heterocycles. The van der Waals surface area contributed by atoms with Crippen LogP contribution in [0.3, 0.4) is 0 Å². The Labute approximate surface area is 184 Å². The minimum absolute atomic E-state index is 0.203. The molecule has 9 heteroatoms. The van der Waals surface area contributed by atoms with Crippen LogP contribution in [0.5, 0.6) is 0 Å². The molecule has 3 heterocycles. The number of nitrogens with zero attached hydrogens (tertiary/aromatic N) is 4. The van der Waals surface area contributed by atoms with Crippen LogP contribution in [-0.4, -0.2) is 33.8 Å². The summed E-state index contributed by atoms with van der Waals surface area (Å²) in [6, 6.07) is 9.88. The highest BCUT2D eigenvalue weighted by Gasteiger charge is 2.31. The highest BCUT2D eigenvalue weighted by Crippen LogP contribution is 2.29. The van der Waals surface area contributed by atoms with Crippen LogP contribution in [-0.2, 0) is 6.18 Å². The van der Waals surface area contributed by atoms with E-state index < -0.39 is 11.7 Å². The largest absolute Gasteiger partial charge is 0.417 e. The predicted molar refractivity (Wildman–Crippen MR) is 116 cm³/mol. The Morgan fingerprint density at radius 2 is 1.75 bits per heavy atom. The van der Waals surface area contributed by atoms with Gasteiger partial charge < -0.3 is 10.2 Å². The normalized spacial score (nSPS) is 15.1. The molecule has 0 unspecified atom stereocenters. The molecular formula is C23H24F3N5O. The van der Waals surface area contributed by atoms with E-state index in [0.717, 1.165) is 37.0 Å². The molecule has 0 atom stereocenters. The van der Waals surface area contributed by atoms with Crippen molar-refractivity contribution in [3.8, 4) is 5.82 Å². The van der Waals surface area contributed by atoms with E-state index in [0.29, 0.717) is 16.9 Å². The van der Waals surface area contributed by atoms with Gasteiger partial charge in [0.25, 0.3) is 5.91 Å². The molecule has 168 valence electrons. The number of piperidine rings is 1. The molecule has 0 spiro atoms. The number of rotatable bonds is 4. The third-order valence-corrected chi connectivity index (χ3v) is 5.82. The molecule has 0 bridgehead atoms. The van der Waals surface area contributed by atoms with E-state index in [1.54, 1.807) is 6.92 Å². The molecule has 4 rings (SSSR count). The van der Waals surface area contributed by atoms with Crippen molar-refractivity contribution in [2.24, 2.45) is 5.92 Å². The smallest absolute Gasteiger partial charge is 0.372 e. The van der Waals surface area contributed by atoms with Crippen molar-refractivity contribution >= 4 is 17.3 Å². The molecule has 0 aliphatic carbocycles. The average Bonchev–Trinajstić information content (AvgIpc) is 3.16. The molecule has 0 saturated carbocycles. The second-order valence-electron chi connectivity index (χ2n) is 8.13. The third kappa shape index (κ3) is 4.61. The van der Waals surface area contributed by atoms with Crippen LogP contribution in [0.1, 0.15) is 41.4 Å². The summed E-state index contributed by atoms with van der Waals surface area (Å²) in [7, 11) is 0. The van der Waals surface area contributed by atoms with Gasteiger partial charge in [0.1, 0.15) is 0 Å². The molecule has 1 N–H and O–H groups in total. The zero-order valence-electron chi connectivity index (χ0n) is 17.9. The maximum atomic E-state index is 12.7. The zero-order chi connectivity index (χ0) is 22.9. The third-order valence-electron chi connectivity index (χ3n) is 5.82. The van der Waals surface area contributed by atoms with Crippen LogP contribution in [0.25, 0.3) is 5.82 Å². The first-order chi connectivity index (χ1) is 15.2. The van der Waals surface area contributed by atoms with E-state index in [1.165, 1.54) is 29.8 Å². The summed E-state index contributed by atoms with van der Waals surface area (Å²) in [5.74, 6) is 0.613. The van der Waals surface area contributed by atoms with Gasteiger partial charge >= 0.3 is 6.18 Å². The molecule has 1 aliphatic heterocycles. The second kappa shape index (κ2) is 8.64. The number of carbonyl (C=O) groups is 1. The SMILES string of the molecule is Cc1c(C(=O)Nc2ccc(N3CCC(C)CC3)cc2)cnn1-c1ccc(C(F)(F)F)cn1. The summed E-state index contributed by atoms with van der Waals surface area (Å²) >= 11 is 0. The Balaban J connectivity index is 1.45. The monoisotopic (exact) mass is 443 g/mol. The van der Waals surface area contributed by atoms with Gasteiger partial charge in [-0.05, 0) is 62.1 Å². The van der Waals surface area contributed by atoms with Gasteiger partial charge in [-0.1, -0.05) is 6.92 Å². The minimum atomic E-state index is -4.46. The van der Waals surface area contributed by atoms with Gasteiger partial charge in [0.05, 0.1) is 23.0 Å². The molecule has 1 amide bonds. The zero-order valence-corrected chi connectivity index (χ0v) is 17.9. The first kappa shape index (κ1) is 21.9. The Kier molecular flexibility index (Phi) is 5.90. The molecule has 1 saturated heterocycles. The Morgan fingerprint density at radius 3 is 2.34 bits per heavy atom. The maximum Gasteiger partial charge on any atom is 0.417 e. The lowest BCUT2D eigenvalue weighted by molar-refractivity contribution is -0.137. The van der Waals surface area contributed by atoms with E-state index in [1.807, 2.05) is 24.3 Å². The van der Waals surface area contributed by atoms with Gasteiger partial charge in [-0.2, -0.15) is 18.3 Å². The van der Waals surface area contributed by atoms with Gasteiger partial charge in [-0.15, -0.1) is 0 Å². The number of hydrogen-bond donors (Lipinski definition) is 1. The standard InChI is InChI=1S/C23H24F3N5O/c1-15-9-11-30(12-10-15)19-6-4-18(5-7-19)29-22(32)20-14-28-31(16(20)2)21-8-3-17(13-27-21)23(24,25)26/h3-8,13-15H,9-12H2,1-2H3,(H,29,32). The number of aromatic nitrogens is 3. The fraction of sp³-hybridized carbons (Fsp3) is 0.348. The number of nitrogens with one attached hydrogen (secondary N) is 1. The van der Waals surface area contributed by atoms with E-state index in [4.69, 9.17) is 0 Å². The summed E-state index contributed by atoms with van der Waals surface area (Å²) < 4.78 is 39.6. The van der Waals surface area contributed by atoms with Crippen LogP contribution in [0.2, 0.25) is 0 Å². The molecule has 3 aromatic rings. The number of benzene rings is 1. The lowest BCUT2D eigenvalue weighted by Gasteiger charge is -2.32. The number of pyridine rings is 1. The Hall–Kier alpha value is -3.36. The summed E-state index contributed by atoms with van der Waals surface area (Å²) in [6.45, 7) is 6.00. The van der Waals surface area contributed by atoms with Crippen molar-refractivity contribution in [3.05, 3.63) is 65.6 Å². The first-order valence-corrected chi connectivity index (χ1v) is 10.5. The molecule has 1 fully saturated rings. The molecule has 1 aromatic carbocycles. The number of anilines is 2. The summed E-state index contributed by atoms with van der Waals surface area (Å²) in [4.78, 5) is 18.9. The molecule has 0 radical (unpaired) electrons. The second-order valence-corrected chi connectivity index (χ2v) is 8.13. The fourth-order valence-electron chi connectivity index (χ4n) is 3.76. The predicted octanol–water partition coefficient (Wildman–Crippen LogP) is 5.08. The van der Waals surface area contributed by atoms with Crippen LogP contribution in [0.4, 0.5) is 24.5 Å². The highest BCUT2D eigenvalue weighted by molar-refractivity contribution is 6.05. The fourth-order valence-corrected chi connectivity index (χ4v) is 3.76. The maximum absolute atomic E-state index is 12.7. The van der Waals surface area contributed by atoms with Crippen molar-refractivity contribution < 1.29 is 18.0 Å². The molecule has 32 heavy (non-hydrogen) atoms. The lowest BCUT2D eigenvalue weighted by atomic mass is 9.99. The number of halogens is 3. The van der Waals surface area contributed by atoms with Gasteiger partial charge in [-0.25, -0.2) is 9.67 Å². The summed E-state index contributed by atoms with van der Waals surface area (Å²) in [5.41, 5.74) is 1.75. The molecular weight excluding hydrogens is 419 g/mol. The quantitative estimate of drug-likeness (QED) is 0.611. The molecule has 6 nitrogen and oxygen atoms in total. The van der Waals surface area contributed by atoms with Crippen molar-refractivity contribution in [1.82, 2.24) is 14.8 Å². The van der Waals surface area contributed by atoms with E-state index in [-0.39, 0.29) is 11.7 Å². The minimum Gasteiger partial charge on any atom is -0.372 e. The average molecular weight is 443 g/mol. The Bertz CT molecular complexity index is 1080. The summed E-state index contributed by atoms with van der Waals surface area (Å²) in [5, 5.41) is 6.98. The van der Waals surface area contributed by atoms with Gasteiger partial charge in [0, 0.05) is 30.7 Å². The van der Waals surface area contributed by atoms with Crippen LogP contribution < -0.4 is 10.2 Å². The van der Waals surface area contributed by atoms with Crippen LogP contribution in [0, 0.1) is 12.8 Å². The van der Waals surface area contributed by atoms with Gasteiger partial charge in [-0.3, -0.25) is 4.79 Å². The number of carbonyl (C=O) groups excluding carboxylic acids is 1. The van der Waals surface area contributed by atoms with Crippen LogP contribution in [0.15, 0.2) is 48.8 Å². The summed E-state index contributed by atoms with van der Waals surface area (Å²) in [6.07, 6.45) is 0.0246. The number of hydrogen-bond acceptors (Lipinski definition) is 4. The van der Waals surface area contributed by atoms with Crippen molar-refractivity contribution in [3.63, 3.8) is 0 Å². The topological polar surface area (TPSA) is 63.1 Å². The lowest BCUT2D eigenvalue weighted by Crippen LogP contribution is -2.32. The van der Waals surface area contributed by atoms with Gasteiger partial charge in [0.2, 0.25) is 0 Å². The van der Waals surface area contributed by atoms with E-state index in [2.05, 4.69) is 27.2 Å².